The number of hydrogen-bond donors (Lipinski definition) is 0. The van der Waals surface area contributed by atoms with Gasteiger partial charge in [-0.2, -0.15) is 0 Å². The summed E-state index contributed by atoms with van der Waals surface area (Å²) in [5, 5.41) is 0.904. The number of hydrogen-bond acceptors (Lipinski definition) is 5. The van der Waals surface area contributed by atoms with E-state index in [1.54, 1.807) is 18.2 Å². The molecule has 0 saturated carbocycles. The molecular formula is C16H21N3O2S. The fourth-order valence-electron chi connectivity index (χ4n) is 3.00. The van der Waals surface area contributed by atoms with Gasteiger partial charge in [0.15, 0.2) is 9.84 Å². The first-order chi connectivity index (χ1) is 10.3. The number of anilines is 1. The van der Waals surface area contributed by atoms with E-state index in [0.29, 0.717) is 22.3 Å². The topological polar surface area (TPSA) is 63.2 Å². The summed E-state index contributed by atoms with van der Waals surface area (Å²) >= 11 is 0. The van der Waals surface area contributed by atoms with Crippen LogP contribution in [0.2, 0.25) is 0 Å². The number of benzene rings is 1. The molecular weight excluding hydrogens is 298 g/mol. The van der Waals surface area contributed by atoms with Crippen molar-refractivity contribution in [3.63, 3.8) is 0 Å². The molecule has 0 amide bonds. The fourth-order valence-corrected chi connectivity index (χ4v) is 3.64. The van der Waals surface area contributed by atoms with Crippen LogP contribution in [0.4, 0.5) is 5.95 Å². The summed E-state index contributed by atoms with van der Waals surface area (Å²) in [7, 11) is -3.23. The lowest BCUT2D eigenvalue weighted by molar-refractivity contribution is 0.442. The Kier molecular flexibility index (Phi) is 3.80. The highest BCUT2D eigenvalue weighted by molar-refractivity contribution is 7.90. The van der Waals surface area contributed by atoms with Gasteiger partial charge in [0.2, 0.25) is 5.95 Å². The van der Waals surface area contributed by atoms with Gasteiger partial charge in [-0.1, -0.05) is 6.92 Å². The Bertz CT molecular complexity index is 817. The average Bonchev–Trinajstić information content (AvgIpc) is 2.45. The van der Waals surface area contributed by atoms with Gasteiger partial charge in [-0.25, -0.2) is 18.4 Å². The molecule has 2 aromatic rings. The second kappa shape index (κ2) is 5.50. The Morgan fingerprint density at radius 3 is 2.73 bits per heavy atom. The molecule has 1 aliphatic heterocycles. The van der Waals surface area contributed by atoms with Crippen LogP contribution in [0.15, 0.2) is 23.1 Å². The van der Waals surface area contributed by atoms with Gasteiger partial charge in [-0.15, -0.1) is 0 Å². The van der Waals surface area contributed by atoms with Gasteiger partial charge in [0.05, 0.1) is 16.1 Å². The predicted molar refractivity (Wildman–Crippen MR) is 88.0 cm³/mol. The van der Waals surface area contributed by atoms with Crippen molar-refractivity contribution in [3.05, 3.63) is 23.9 Å². The number of sulfone groups is 1. The van der Waals surface area contributed by atoms with Crippen LogP contribution < -0.4 is 4.90 Å². The van der Waals surface area contributed by atoms with Gasteiger partial charge >= 0.3 is 0 Å². The van der Waals surface area contributed by atoms with Crippen molar-refractivity contribution >= 4 is 26.7 Å². The molecule has 1 fully saturated rings. The first-order valence-electron chi connectivity index (χ1n) is 7.58. The highest BCUT2D eigenvalue weighted by Gasteiger charge is 2.20. The maximum atomic E-state index is 11.7. The van der Waals surface area contributed by atoms with Crippen LogP contribution in [-0.2, 0) is 9.84 Å². The van der Waals surface area contributed by atoms with Crippen molar-refractivity contribution in [1.82, 2.24) is 9.97 Å². The minimum absolute atomic E-state index is 0.302. The molecule has 1 aromatic carbocycles. The molecule has 5 nitrogen and oxygen atoms in total. The molecule has 1 aromatic heterocycles. The third-order valence-electron chi connectivity index (χ3n) is 4.22. The molecule has 0 spiro atoms. The van der Waals surface area contributed by atoms with E-state index < -0.39 is 9.84 Å². The standard InChI is InChI=1S/C16H21N3O2S/c1-11-5-4-8-19(10-11)16-17-12(2)14-7-6-13(22(3,20)21)9-15(14)18-16/h6-7,9,11H,4-5,8,10H2,1-3H3/t11-/m1/s1. The van der Waals surface area contributed by atoms with E-state index in [2.05, 4.69) is 21.8 Å². The molecule has 22 heavy (non-hydrogen) atoms. The Balaban J connectivity index is 2.09. The summed E-state index contributed by atoms with van der Waals surface area (Å²) in [6.07, 6.45) is 3.60. The Morgan fingerprint density at radius 1 is 1.27 bits per heavy atom. The molecule has 118 valence electrons. The zero-order valence-corrected chi connectivity index (χ0v) is 14.0. The van der Waals surface area contributed by atoms with Crippen molar-refractivity contribution in [2.24, 2.45) is 5.92 Å². The van der Waals surface area contributed by atoms with Gasteiger partial charge in [-0.3, -0.25) is 0 Å². The summed E-state index contributed by atoms with van der Waals surface area (Å²) in [4.78, 5) is 11.7. The van der Waals surface area contributed by atoms with Crippen LogP contribution in [0.3, 0.4) is 0 Å². The van der Waals surface area contributed by atoms with Crippen molar-refractivity contribution in [3.8, 4) is 0 Å². The molecule has 6 heteroatoms. The predicted octanol–water partition coefficient (Wildman–Crippen LogP) is 2.58. The lowest BCUT2D eigenvalue weighted by Crippen LogP contribution is -2.35. The zero-order valence-electron chi connectivity index (χ0n) is 13.2. The van der Waals surface area contributed by atoms with Crippen LogP contribution >= 0.6 is 0 Å². The third-order valence-corrected chi connectivity index (χ3v) is 5.33. The lowest BCUT2D eigenvalue weighted by atomic mass is 10.0. The van der Waals surface area contributed by atoms with Gasteiger partial charge in [0.1, 0.15) is 0 Å². The van der Waals surface area contributed by atoms with Gasteiger partial charge in [0.25, 0.3) is 0 Å². The highest BCUT2D eigenvalue weighted by Crippen LogP contribution is 2.25. The van der Waals surface area contributed by atoms with Crippen LogP contribution in [0, 0.1) is 12.8 Å². The number of aromatic nitrogens is 2. The van der Waals surface area contributed by atoms with E-state index >= 15 is 0 Å². The van der Waals surface area contributed by atoms with E-state index in [1.165, 1.54) is 12.7 Å². The Morgan fingerprint density at radius 2 is 2.05 bits per heavy atom. The monoisotopic (exact) mass is 319 g/mol. The van der Waals surface area contributed by atoms with Crippen LogP contribution in [-0.4, -0.2) is 37.7 Å². The maximum Gasteiger partial charge on any atom is 0.226 e. The van der Waals surface area contributed by atoms with Crippen LogP contribution in [0.5, 0.6) is 0 Å². The van der Waals surface area contributed by atoms with Crippen molar-refractivity contribution in [2.45, 2.75) is 31.6 Å². The van der Waals surface area contributed by atoms with Crippen molar-refractivity contribution in [1.29, 1.82) is 0 Å². The molecule has 3 rings (SSSR count). The van der Waals surface area contributed by atoms with E-state index in [4.69, 9.17) is 0 Å². The second-order valence-corrected chi connectivity index (χ2v) is 8.27. The molecule has 0 aliphatic carbocycles. The summed E-state index contributed by atoms with van der Waals surface area (Å²) < 4.78 is 23.5. The molecule has 0 bridgehead atoms. The minimum Gasteiger partial charge on any atom is -0.341 e. The van der Waals surface area contributed by atoms with Gasteiger partial charge < -0.3 is 4.90 Å². The number of aryl methyl sites for hydroxylation is 1. The average molecular weight is 319 g/mol. The van der Waals surface area contributed by atoms with E-state index in [0.717, 1.165) is 30.6 Å². The fraction of sp³-hybridized carbons (Fsp3) is 0.500. The summed E-state index contributed by atoms with van der Waals surface area (Å²) in [5.41, 5.74) is 1.59. The first kappa shape index (κ1) is 15.2. The maximum absolute atomic E-state index is 11.7. The SMILES string of the molecule is Cc1nc(N2CCC[C@@H](C)C2)nc2cc(S(C)(=O)=O)ccc12. The van der Waals surface area contributed by atoms with E-state index in [-0.39, 0.29) is 0 Å². The van der Waals surface area contributed by atoms with E-state index in [1.807, 2.05) is 6.92 Å². The quantitative estimate of drug-likeness (QED) is 0.851. The van der Waals surface area contributed by atoms with Crippen LogP contribution in [0.1, 0.15) is 25.5 Å². The minimum atomic E-state index is -3.23. The first-order valence-corrected chi connectivity index (χ1v) is 9.47. The van der Waals surface area contributed by atoms with Crippen molar-refractivity contribution in [2.75, 3.05) is 24.2 Å². The smallest absolute Gasteiger partial charge is 0.226 e. The molecule has 2 heterocycles. The van der Waals surface area contributed by atoms with Gasteiger partial charge in [0, 0.05) is 24.7 Å². The van der Waals surface area contributed by atoms with Crippen molar-refractivity contribution < 1.29 is 8.42 Å². The molecule has 0 unspecified atom stereocenters. The van der Waals surface area contributed by atoms with E-state index in [9.17, 15) is 8.42 Å². The molecule has 1 atom stereocenters. The Labute approximate surface area is 131 Å². The highest BCUT2D eigenvalue weighted by atomic mass is 32.2. The molecule has 0 N–H and O–H groups in total. The summed E-state index contributed by atoms with van der Waals surface area (Å²) in [6, 6.07) is 5.07. The zero-order chi connectivity index (χ0) is 15.9. The summed E-state index contributed by atoms with van der Waals surface area (Å²) in [6.45, 7) is 6.10. The molecule has 1 aliphatic rings. The largest absolute Gasteiger partial charge is 0.341 e. The van der Waals surface area contributed by atoms with Crippen LogP contribution in [0.25, 0.3) is 10.9 Å². The Hall–Kier alpha value is -1.69. The molecule has 1 saturated heterocycles. The number of rotatable bonds is 2. The normalized spacial score (nSPS) is 19.6. The van der Waals surface area contributed by atoms with Gasteiger partial charge in [-0.05, 0) is 43.9 Å². The number of fused-ring (bicyclic) bond motifs is 1. The summed E-state index contributed by atoms with van der Waals surface area (Å²) in [5.74, 6) is 1.35. The third kappa shape index (κ3) is 2.92. The lowest BCUT2D eigenvalue weighted by Gasteiger charge is -2.31. The second-order valence-electron chi connectivity index (χ2n) is 6.25. The number of nitrogens with zero attached hydrogens (tertiary/aromatic N) is 3. The molecule has 0 radical (unpaired) electrons. The number of piperidine rings is 1.